The van der Waals surface area contributed by atoms with Crippen LogP contribution in [-0.2, 0) is 11.3 Å². The second kappa shape index (κ2) is 7.18. The summed E-state index contributed by atoms with van der Waals surface area (Å²) in [5, 5.41) is 9.34. The molecule has 0 aliphatic rings. The van der Waals surface area contributed by atoms with Gasteiger partial charge in [-0.2, -0.15) is 0 Å². The van der Waals surface area contributed by atoms with Crippen LogP contribution in [0, 0.1) is 0 Å². The zero-order valence-electron chi connectivity index (χ0n) is 12.8. The number of nitrogens with zero attached hydrogens (tertiary/aromatic N) is 3. The number of para-hydroxylation sites is 1. The highest BCUT2D eigenvalue weighted by Gasteiger charge is 2.09. The fraction of sp³-hybridized carbons (Fsp3) is 0.176. The van der Waals surface area contributed by atoms with Gasteiger partial charge in [0.2, 0.25) is 0 Å². The molecule has 0 saturated heterocycles. The summed E-state index contributed by atoms with van der Waals surface area (Å²) in [6.07, 6.45) is 5.73. The van der Waals surface area contributed by atoms with E-state index in [1.807, 2.05) is 12.1 Å². The molecule has 0 amide bonds. The highest BCUT2D eigenvalue weighted by molar-refractivity contribution is 7.10. The predicted octanol–water partition coefficient (Wildman–Crippen LogP) is 2.89. The summed E-state index contributed by atoms with van der Waals surface area (Å²) < 4.78 is 1.53. The summed E-state index contributed by atoms with van der Waals surface area (Å²) in [4.78, 5) is 33.0. The molecule has 0 fully saturated rings. The van der Waals surface area contributed by atoms with E-state index in [9.17, 15) is 9.59 Å². The molecule has 0 aliphatic carbocycles. The van der Waals surface area contributed by atoms with Crippen LogP contribution < -0.4 is 5.56 Å². The SMILES string of the molecule is O=C(O)CCCn1c(/C=C/c2cncs2)nc2ccccc2c1=O. The van der Waals surface area contributed by atoms with Gasteiger partial charge in [0.15, 0.2) is 0 Å². The van der Waals surface area contributed by atoms with Crippen LogP contribution in [0.25, 0.3) is 23.1 Å². The first-order chi connectivity index (χ1) is 11.6. The molecular weight excluding hydrogens is 326 g/mol. The van der Waals surface area contributed by atoms with E-state index in [4.69, 9.17) is 5.11 Å². The van der Waals surface area contributed by atoms with E-state index in [1.54, 1.807) is 36.0 Å². The van der Waals surface area contributed by atoms with Gasteiger partial charge in [0.05, 0.1) is 16.4 Å². The number of carboxylic acids is 1. The first kappa shape index (κ1) is 16.1. The molecule has 0 aliphatic heterocycles. The predicted molar refractivity (Wildman–Crippen MR) is 93.9 cm³/mol. The molecule has 0 radical (unpaired) electrons. The average molecular weight is 341 g/mol. The molecule has 122 valence electrons. The Hall–Kier alpha value is -2.80. The maximum absolute atomic E-state index is 12.7. The zero-order chi connectivity index (χ0) is 16.9. The van der Waals surface area contributed by atoms with Crippen LogP contribution in [0.4, 0.5) is 0 Å². The lowest BCUT2D eigenvalue weighted by Gasteiger charge is -2.10. The fourth-order valence-electron chi connectivity index (χ4n) is 2.38. The Morgan fingerprint density at radius 1 is 1.29 bits per heavy atom. The molecule has 2 heterocycles. The molecule has 0 bridgehead atoms. The van der Waals surface area contributed by atoms with Crippen LogP contribution in [0.2, 0.25) is 0 Å². The molecule has 1 N–H and O–H groups in total. The van der Waals surface area contributed by atoms with E-state index in [1.165, 1.54) is 15.9 Å². The van der Waals surface area contributed by atoms with Crippen LogP contribution in [0.5, 0.6) is 0 Å². The van der Waals surface area contributed by atoms with Crippen LogP contribution in [0.3, 0.4) is 0 Å². The molecule has 7 heteroatoms. The van der Waals surface area contributed by atoms with E-state index >= 15 is 0 Å². The Kier molecular flexibility index (Phi) is 4.81. The van der Waals surface area contributed by atoms with Crippen molar-refractivity contribution in [1.82, 2.24) is 14.5 Å². The van der Waals surface area contributed by atoms with Gasteiger partial charge in [-0.3, -0.25) is 19.1 Å². The van der Waals surface area contributed by atoms with Gasteiger partial charge in [-0.25, -0.2) is 4.98 Å². The number of hydrogen-bond donors (Lipinski definition) is 1. The lowest BCUT2D eigenvalue weighted by molar-refractivity contribution is -0.137. The van der Waals surface area contributed by atoms with Gasteiger partial charge in [-0.05, 0) is 30.7 Å². The molecule has 3 aromatic rings. The molecule has 24 heavy (non-hydrogen) atoms. The number of thiazole rings is 1. The Labute approximate surface area is 141 Å². The molecule has 6 nitrogen and oxygen atoms in total. The molecule has 0 saturated carbocycles. The number of hydrogen-bond acceptors (Lipinski definition) is 5. The topological polar surface area (TPSA) is 85.1 Å². The number of aliphatic carboxylic acids is 1. The van der Waals surface area contributed by atoms with E-state index in [-0.39, 0.29) is 12.0 Å². The lowest BCUT2D eigenvalue weighted by atomic mass is 10.2. The summed E-state index contributed by atoms with van der Waals surface area (Å²) in [5.41, 5.74) is 2.20. The van der Waals surface area contributed by atoms with Crippen molar-refractivity contribution < 1.29 is 9.90 Å². The number of carbonyl (C=O) groups is 1. The van der Waals surface area contributed by atoms with Gasteiger partial charge >= 0.3 is 5.97 Å². The summed E-state index contributed by atoms with van der Waals surface area (Å²) in [7, 11) is 0. The van der Waals surface area contributed by atoms with Crippen LogP contribution in [-0.4, -0.2) is 25.6 Å². The maximum Gasteiger partial charge on any atom is 0.303 e. The van der Waals surface area contributed by atoms with Crippen molar-refractivity contribution in [2.45, 2.75) is 19.4 Å². The highest BCUT2D eigenvalue weighted by Crippen LogP contribution is 2.13. The molecule has 3 rings (SSSR count). The number of benzene rings is 1. The van der Waals surface area contributed by atoms with Crippen molar-refractivity contribution in [3.8, 4) is 0 Å². The summed E-state index contributed by atoms with van der Waals surface area (Å²) in [5.74, 6) is -0.365. The molecule has 2 aromatic heterocycles. The van der Waals surface area contributed by atoms with Crippen LogP contribution >= 0.6 is 11.3 Å². The third-order valence-corrected chi connectivity index (χ3v) is 4.25. The number of aromatic nitrogens is 3. The maximum atomic E-state index is 12.7. The van der Waals surface area contributed by atoms with Gasteiger partial charge in [0.1, 0.15) is 5.82 Å². The molecule has 0 atom stereocenters. The minimum atomic E-state index is -0.876. The monoisotopic (exact) mass is 341 g/mol. The van der Waals surface area contributed by atoms with Crippen molar-refractivity contribution in [3.05, 3.63) is 57.0 Å². The quantitative estimate of drug-likeness (QED) is 0.745. The fourth-order valence-corrected chi connectivity index (χ4v) is 2.89. The minimum absolute atomic E-state index is 0.0112. The van der Waals surface area contributed by atoms with Gasteiger partial charge in [0, 0.05) is 24.0 Å². The molecule has 1 aromatic carbocycles. The van der Waals surface area contributed by atoms with E-state index in [2.05, 4.69) is 9.97 Å². The molecule has 0 unspecified atom stereocenters. The second-order valence-electron chi connectivity index (χ2n) is 5.18. The Morgan fingerprint density at radius 3 is 2.88 bits per heavy atom. The smallest absolute Gasteiger partial charge is 0.303 e. The largest absolute Gasteiger partial charge is 0.481 e. The Bertz CT molecular complexity index is 945. The van der Waals surface area contributed by atoms with Gasteiger partial charge < -0.3 is 5.11 Å². The molecular formula is C17H15N3O3S. The summed E-state index contributed by atoms with van der Waals surface area (Å²) in [6.45, 7) is 0.311. The average Bonchev–Trinajstić information content (AvgIpc) is 3.08. The number of carboxylic acid groups (broad SMARTS) is 1. The van der Waals surface area contributed by atoms with E-state index in [0.717, 1.165) is 4.88 Å². The molecule has 0 spiro atoms. The van der Waals surface area contributed by atoms with Crippen molar-refractivity contribution in [2.24, 2.45) is 0 Å². The lowest BCUT2D eigenvalue weighted by Crippen LogP contribution is -2.24. The van der Waals surface area contributed by atoms with Crippen LogP contribution in [0.1, 0.15) is 23.5 Å². The Morgan fingerprint density at radius 2 is 2.12 bits per heavy atom. The second-order valence-corrected chi connectivity index (χ2v) is 6.10. The normalized spacial score (nSPS) is 11.3. The van der Waals surface area contributed by atoms with Crippen LogP contribution in [0.15, 0.2) is 40.8 Å². The van der Waals surface area contributed by atoms with Gasteiger partial charge in [0.25, 0.3) is 5.56 Å². The summed E-state index contributed by atoms with van der Waals surface area (Å²) >= 11 is 1.49. The van der Waals surface area contributed by atoms with E-state index < -0.39 is 5.97 Å². The zero-order valence-corrected chi connectivity index (χ0v) is 13.6. The van der Waals surface area contributed by atoms with Gasteiger partial charge in [-0.1, -0.05) is 12.1 Å². The first-order valence-corrected chi connectivity index (χ1v) is 8.31. The van der Waals surface area contributed by atoms with Crippen molar-refractivity contribution in [3.63, 3.8) is 0 Å². The Balaban J connectivity index is 2.03. The van der Waals surface area contributed by atoms with Gasteiger partial charge in [-0.15, -0.1) is 11.3 Å². The highest BCUT2D eigenvalue weighted by atomic mass is 32.1. The van der Waals surface area contributed by atoms with Crippen molar-refractivity contribution in [1.29, 1.82) is 0 Å². The van der Waals surface area contributed by atoms with E-state index in [0.29, 0.717) is 29.7 Å². The first-order valence-electron chi connectivity index (χ1n) is 7.43. The van der Waals surface area contributed by atoms with Crippen molar-refractivity contribution >= 4 is 40.4 Å². The standard InChI is InChI=1S/C17H15N3O3S/c21-16(22)6-3-9-20-15(8-7-12-10-18-11-24-12)19-14-5-2-1-4-13(14)17(20)23/h1-2,4-5,7-8,10-11H,3,6,9H2,(H,21,22)/b8-7+. The minimum Gasteiger partial charge on any atom is -0.481 e. The van der Waals surface area contributed by atoms with Crippen molar-refractivity contribution in [2.75, 3.05) is 0 Å². The number of fused-ring (bicyclic) bond motifs is 1. The third kappa shape index (κ3) is 3.57. The third-order valence-electron chi connectivity index (χ3n) is 3.51. The number of rotatable bonds is 6. The summed E-state index contributed by atoms with van der Waals surface area (Å²) in [6, 6.07) is 7.15.